The van der Waals surface area contributed by atoms with Crippen LogP contribution in [0.4, 0.5) is 16.2 Å². The van der Waals surface area contributed by atoms with Crippen molar-refractivity contribution in [2.45, 2.75) is 46.6 Å². The van der Waals surface area contributed by atoms with E-state index >= 15 is 0 Å². The van der Waals surface area contributed by atoms with Gasteiger partial charge in [-0.15, -0.1) is 0 Å². The normalized spacial score (nSPS) is 23.6. The Morgan fingerprint density at radius 3 is 2.38 bits per heavy atom. The Hall–Kier alpha value is -1.71. The molecule has 0 aliphatic heterocycles. The number of benzene rings is 1. The van der Waals surface area contributed by atoms with E-state index < -0.39 is 6.09 Å². The molecule has 0 heterocycles. The number of rotatable bonds is 4. The standard InChI is InChI=1S/C17H26N2O2/c1-5-21-16(20)19-14-8-6-13(7-9-14)18-15-11-17(3,4)10-12(15)2/h6-9,12,15,18H,5,10-11H2,1-4H3,(H,19,20). The van der Waals surface area contributed by atoms with Gasteiger partial charge in [0.15, 0.2) is 0 Å². The summed E-state index contributed by atoms with van der Waals surface area (Å²) in [5.74, 6) is 0.678. The zero-order chi connectivity index (χ0) is 15.5. The summed E-state index contributed by atoms with van der Waals surface area (Å²) in [6.07, 6.45) is 2.04. The van der Waals surface area contributed by atoms with Crippen molar-refractivity contribution in [3.63, 3.8) is 0 Å². The Labute approximate surface area is 127 Å². The summed E-state index contributed by atoms with van der Waals surface area (Å²) in [4.78, 5) is 11.3. The lowest BCUT2D eigenvalue weighted by atomic mass is 9.91. The van der Waals surface area contributed by atoms with Gasteiger partial charge >= 0.3 is 6.09 Å². The molecule has 0 aromatic heterocycles. The minimum absolute atomic E-state index is 0.376. The lowest BCUT2D eigenvalue weighted by molar-refractivity contribution is 0.168. The average molecular weight is 290 g/mol. The molecule has 1 aliphatic rings. The number of amides is 1. The summed E-state index contributed by atoms with van der Waals surface area (Å²) in [5.41, 5.74) is 2.26. The van der Waals surface area contributed by atoms with Gasteiger partial charge < -0.3 is 10.1 Å². The van der Waals surface area contributed by atoms with Crippen LogP contribution in [0.25, 0.3) is 0 Å². The van der Waals surface area contributed by atoms with E-state index in [-0.39, 0.29) is 0 Å². The maximum Gasteiger partial charge on any atom is 0.411 e. The van der Waals surface area contributed by atoms with Gasteiger partial charge in [-0.2, -0.15) is 0 Å². The highest BCUT2D eigenvalue weighted by Gasteiger charge is 2.36. The molecule has 4 nitrogen and oxygen atoms in total. The van der Waals surface area contributed by atoms with Gasteiger partial charge in [0, 0.05) is 17.4 Å². The van der Waals surface area contributed by atoms with Crippen LogP contribution in [-0.2, 0) is 4.74 Å². The predicted molar refractivity (Wildman–Crippen MR) is 86.7 cm³/mol. The molecule has 2 unspecified atom stereocenters. The van der Waals surface area contributed by atoms with Crippen molar-refractivity contribution in [1.82, 2.24) is 0 Å². The van der Waals surface area contributed by atoms with Gasteiger partial charge in [0.05, 0.1) is 6.61 Å². The van der Waals surface area contributed by atoms with E-state index in [1.165, 1.54) is 12.8 Å². The van der Waals surface area contributed by atoms with Gasteiger partial charge in [-0.3, -0.25) is 5.32 Å². The second-order valence-corrected chi connectivity index (χ2v) is 6.72. The zero-order valence-electron chi connectivity index (χ0n) is 13.4. The van der Waals surface area contributed by atoms with Crippen molar-refractivity contribution in [3.8, 4) is 0 Å². The minimum atomic E-state index is -0.413. The van der Waals surface area contributed by atoms with Crippen LogP contribution in [0, 0.1) is 11.3 Å². The van der Waals surface area contributed by atoms with Crippen LogP contribution in [0.5, 0.6) is 0 Å². The van der Waals surface area contributed by atoms with Crippen LogP contribution < -0.4 is 10.6 Å². The van der Waals surface area contributed by atoms with E-state index in [2.05, 4.69) is 31.4 Å². The van der Waals surface area contributed by atoms with Crippen molar-refractivity contribution in [2.24, 2.45) is 11.3 Å². The lowest BCUT2D eigenvalue weighted by Crippen LogP contribution is -2.22. The summed E-state index contributed by atoms with van der Waals surface area (Å²) in [6.45, 7) is 9.13. The molecule has 0 bridgehead atoms. The first-order chi connectivity index (χ1) is 9.89. The number of carbonyl (C=O) groups is 1. The van der Waals surface area contributed by atoms with E-state index in [1.54, 1.807) is 6.92 Å². The molecule has 2 N–H and O–H groups in total. The van der Waals surface area contributed by atoms with Gasteiger partial charge in [-0.25, -0.2) is 4.79 Å². The fourth-order valence-electron chi connectivity index (χ4n) is 3.24. The molecule has 2 rings (SSSR count). The zero-order valence-corrected chi connectivity index (χ0v) is 13.4. The maximum atomic E-state index is 11.3. The molecular weight excluding hydrogens is 264 g/mol. The summed E-state index contributed by atoms with van der Waals surface area (Å²) in [6, 6.07) is 8.30. The van der Waals surface area contributed by atoms with Gasteiger partial charge in [0.25, 0.3) is 0 Å². The van der Waals surface area contributed by atoms with E-state index in [9.17, 15) is 4.79 Å². The van der Waals surface area contributed by atoms with Gasteiger partial charge in [-0.1, -0.05) is 20.8 Å². The molecule has 116 valence electrons. The largest absolute Gasteiger partial charge is 0.450 e. The van der Waals surface area contributed by atoms with Crippen LogP contribution in [0.1, 0.15) is 40.5 Å². The Morgan fingerprint density at radius 1 is 1.24 bits per heavy atom. The second-order valence-electron chi connectivity index (χ2n) is 6.72. The summed E-state index contributed by atoms with van der Waals surface area (Å²) in [5, 5.41) is 6.30. The van der Waals surface area contributed by atoms with Crippen molar-refractivity contribution < 1.29 is 9.53 Å². The second kappa shape index (κ2) is 6.37. The Morgan fingerprint density at radius 2 is 1.86 bits per heavy atom. The van der Waals surface area contributed by atoms with Crippen LogP contribution in [0.15, 0.2) is 24.3 Å². The first kappa shape index (κ1) is 15.7. The summed E-state index contributed by atoms with van der Waals surface area (Å²) < 4.78 is 4.85. The third-order valence-corrected chi connectivity index (χ3v) is 4.09. The number of nitrogens with one attached hydrogen (secondary N) is 2. The van der Waals surface area contributed by atoms with Crippen molar-refractivity contribution in [3.05, 3.63) is 24.3 Å². The van der Waals surface area contributed by atoms with E-state index in [1.807, 2.05) is 24.3 Å². The highest BCUT2D eigenvalue weighted by atomic mass is 16.5. The molecular formula is C17H26N2O2. The molecule has 2 atom stereocenters. The lowest BCUT2D eigenvalue weighted by Gasteiger charge is -2.20. The van der Waals surface area contributed by atoms with Gasteiger partial charge in [-0.05, 0) is 55.4 Å². The maximum absolute atomic E-state index is 11.3. The Kier molecular flexibility index (Phi) is 4.76. The Bertz CT molecular complexity index is 482. The molecule has 1 amide bonds. The highest BCUT2D eigenvalue weighted by Crippen LogP contribution is 2.42. The van der Waals surface area contributed by atoms with Gasteiger partial charge in [0.2, 0.25) is 0 Å². The third kappa shape index (κ3) is 4.38. The average Bonchev–Trinajstić information content (AvgIpc) is 2.65. The summed E-state index contributed by atoms with van der Waals surface area (Å²) >= 11 is 0. The molecule has 0 radical (unpaired) electrons. The highest BCUT2D eigenvalue weighted by molar-refractivity contribution is 5.84. The number of hydrogen-bond donors (Lipinski definition) is 2. The molecule has 4 heteroatoms. The van der Waals surface area contributed by atoms with Crippen molar-refractivity contribution >= 4 is 17.5 Å². The van der Waals surface area contributed by atoms with Crippen molar-refractivity contribution in [1.29, 1.82) is 0 Å². The minimum Gasteiger partial charge on any atom is -0.450 e. The van der Waals surface area contributed by atoms with Crippen molar-refractivity contribution in [2.75, 3.05) is 17.2 Å². The molecule has 0 saturated heterocycles. The monoisotopic (exact) mass is 290 g/mol. The van der Waals surface area contributed by atoms with Crippen LogP contribution in [0.2, 0.25) is 0 Å². The van der Waals surface area contributed by atoms with Crippen LogP contribution >= 0.6 is 0 Å². The predicted octanol–water partition coefficient (Wildman–Crippen LogP) is 4.49. The number of ether oxygens (including phenoxy) is 1. The smallest absolute Gasteiger partial charge is 0.411 e. The summed E-state index contributed by atoms with van der Waals surface area (Å²) in [7, 11) is 0. The molecule has 1 aromatic carbocycles. The quantitative estimate of drug-likeness (QED) is 0.859. The number of anilines is 2. The third-order valence-electron chi connectivity index (χ3n) is 4.09. The topological polar surface area (TPSA) is 50.4 Å². The number of hydrogen-bond acceptors (Lipinski definition) is 3. The first-order valence-corrected chi connectivity index (χ1v) is 7.70. The van der Waals surface area contributed by atoms with E-state index in [0.717, 1.165) is 11.4 Å². The molecule has 1 saturated carbocycles. The van der Waals surface area contributed by atoms with Gasteiger partial charge in [0.1, 0.15) is 0 Å². The fourth-order valence-corrected chi connectivity index (χ4v) is 3.24. The molecule has 1 aromatic rings. The molecule has 1 fully saturated rings. The molecule has 1 aliphatic carbocycles. The fraction of sp³-hybridized carbons (Fsp3) is 0.588. The number of carbonyl (C=O) groups excluding carboxylic acids is 1. The van der Waals surface area contributed by atoms with Crippen LogP contribution in [-0.4, -0.2) is 18.7 Å². The molecule has 21 heavy (non-hydrogen) atoms. The Balaban J connectivity index is 1.92. The first-order valence-electron chi connectivity index (χ1n) is 7.70. The SMILES string of the molecule is CCOC(=O)Nc1ccc(NC2CC(C)(C)CC2C)cc1. The van der Waals surface area contributed by atoms with E-state index in [4.69, 9.17) is 4.74 Å². The van der Waals surface area contributed by atoms with E-state index in [0.29, 0.717) is 24.0 Å². The molecule has 0 spiro atoms. The van der Waals surface area contributed by atoms with Crippen LogP contribution in [0.3, 0.4) is 0 Å².